The first-order chi connectivity index (χ1) is 9.93. The number of rotatable bonds is 5. The minimum absolute atomic E-state index is 0.139. The van der Waals surface area contributed by atoms with E-state index in [-0.39, 0.29) is 6.04 Å². The molecule has 0 radical (unpaired) electrons. The average Bonchev–Trinajstić information content (AvgIpc) is 2.72. The van der Waals surface area contributed by atoms with Crippen LogP contribution in [-0.4, -0.2) is 9.78 Å². The van der Waals surface area contributed by atoms with Gasteiger partial charge >= 0.3 is 0 Å². The second-order valence-electron chi connectivity index (χ2n) is 4.92. The molecule has 0 spiro atoms. The van der Waals surface area contributed by atoms with Crippen LogP contribution in [0.2, 0.25) is 5.02 Å². The molecule has 0 fully saturated rings. The van der Waals surface area contributed by atoms with Crippen molar-refractivity contribution < 1.29 is 4.74 Å². The Balaban J connectivity index is 2.25. The Kier molecular flexibility index (Phi) is 5.30. The fourth-order valence-electron chi connectivity index (χ4n) is 2.16. The number of nitrogens with zero attached hydrogens (tertiary/aromatic N) is 2. The zero-order chi connectivity index (χ0) is 15.6. The van der Waals surface area contributed by atoms with E-state index < -0.39 is 0 Å². The van der Waals surface area contributed by atoms with Crippen LogP contribution in [0, 0.1) is 6.92 Å². The standard InChI is InChI=1S/C15H19BrClN3O/c1-4-20-13(15(16)10(3)19-20)8-21-14-6-5-11(17)7-12(14)9(2)18/h5-7,9H,4,8,18H2,1-3H3. The van der Waals surface area contributed by atoms with Crippen molar-refractivity contribution in [2.75, 3.05) is 0 Å². The summed E-state index contributed by atoms with van der Waals surface area (Å²) in [7, 11) is 0. The number of aromatic nitrogens is 2. The first kappa shape index (κ1) is 16.3. The third-order valence-electron chi connectivity index (χ3n) is 3.28. The fraction of sp³-hybridized carbons (Fsp3) is 0.400. The normalized spacial score (nSPS) is 12.5. The molecule has 0 saturated heterocycles. The van der Waals surface area contributed by atoms with E-state index in [1.54, 1.807) is 6.07 Å². The largest absolute Gasteiger partial charge is 0.487 e. The van der Waals surface area contributed by atoms with Crippen LogP contribution >= 0.6 is 27.5 Å². The molecule has 1 aromatic carbocycles. The lowest BCUT2D eigenvalue weighted by Crippen LogP contribution is -2.10. The van der Waals surface area contributed by atoms with E-state index in [2.05, 4.69) is 28.0 Å². The van der Waals surface area contributed by atoms with Gasteiger partial charge in [0.2, 0.25) is 0 Å². The molecule has 1 unspecified atom stereocenters. The molecule has 0 aliphatic carbocycles. The number of ether oxygens (including phenoxy) is 1. The Labute approximate surface area is 138 Å². The molecule has 0 amide bonds. The van der Waals surface area contributed by atoms with E-state index >= 15 is 0 Å². The average molecular weight is 373 g/mol. The van der Waals surface area contributed by atoms with Gasteiger partial charge in [-0.3, -0.25) is 4.68 Å². The molecule has 1 atom stereocenters. The minimum atomic E-state index is -0.139. The Morgan fingerprint density at radius 1 is 1.48 bits per heavy atom. The van der Waals surface area contributed by atoms with Gasteiger partial charge in [-0.15, -0.1) is 0 Å². The van der Waals surface area contributed by atoms with E-state index in [9.17, 15) is 0 Å². The topological polar surface area (TPSA) is 53.1 Å². The Morgan fingerprint density at radius 3 is 2.81 bits per heavy atom. The quantitative estimate of drug-likeness (QED) is 0.854. The number of halogens is 2. The van der Waals surface area contributed by atoms with Crippen molar-refractivity contribution in [1.82, 2.24) is 9.78 Å². The Bertz CT molecular complexity index is 640. The second-order valence-corrected chi connectivity index (χ2v) is 6.15. The van der Waals surface area contributed by atoms with Crippen molar-refractivity contribution in [3.63, 3.8) is 0 Å². The summed E-state index contributed by atoms with van der Waals surface area (Å²) < 4.78 is 8.86. The van der Waals surface area contributed by atoms with Gasteiger partial charge in [0.15, 0.2) is 0 Å². The van der Waals surface area contributed by atoms with E-state index in [1.807, 2.05) is 30.7 Å². The van der Waals surface area contributed by atoms with Gasteiger partial charge in [-0.05, 0) is 54.9 Å². The van der Waals surface area contributed by atoms with Gasteiger partial charge in [-0.25, -0.2) is 0 Å². The number of hydrogen-bond acceptors (Lipinski definition) is 3. The number of aryl methyl sites for hydroxylation is 2. The highest BCUT2D eigenvalue weighted by molar-refractivity contribution is 9.10. The lowest BCUT2D eigenvalue weighted by molar-refractivity contribution is 0.287. The predicted octanol–water partition coefficient (Wildman–Crippen LogP) is 4.23. The van der Waals surface area contributed by atoms with Crippen molar-refractivity contribution in [3.05, 3.63) is 44.6 Å². The van der Waals surface area contributed by atoms with Crippen molar-refractivity contribution in [2.45, 2.75) is 40.0 Å². The van der Waals surface area contributed by atoms with Crippen LogP contribution in [0.15, 0.2) is 22.7 Å². The summed E-state index contributed by atoms with van der Waals surface area (Å²) in [5.74, 6) is 0.753. The third-order valence-corrected chi connectivity index (χ3v) is 4.55. The maximum absolute atomic E-state index is 6.02. The molecule has 2 aromatic rings. The zero-order valence-electron chi connectivity index (χ0n) is 12.4. The van der Waals surface area contributed by atoms with E-state index in [0.29, 0.717) is 11.6 Å². The van der Waals surface area contributed by atoms with E-state index in [0.717, 1.165) is 33.7 Å². The summed E-state index contributed by atoms with van der Waals surface area (Å²) in [5, 5.41) is 5.11. The highest BCUT2D eigenvalue weighted by Gasteiger charge is 2.14. The summed E-state index contributed by atoms with van der Waals surface area (Å²) in [6.07, 6.45) is 0. The molecule has 2 rings (SSSR count). The Morgan fingerprint density at radius 2 is 2.19 bits per heavy atom. The summed E-state index contributed by atoms with van der Waals surface area (Å²) in [5.41, 5.74) is 8.85. The lowest BCUT2D eigenvalue weighted by atomic mass is 10.1. The smallest absolute Gasteiger partial charge is 0.131 e. The zero-order valence-corrected chi connectivity index (χ0v) is 14.7. The van der Waals surface area contributed by atoms with Gasteiger partial charge in [0, 0.05) is 23.2 Å². The van der Waals surface area contributed by atoms with Crippen molar-refractivity contribution in [3.8, 4) is 5.75 Å². The van der Waals surface area contributed by atoms with Gasteiger partial charge in [-0.1, -0.05) is 11.6 Å². The summed E-state index contributed by atoms with van der Waals surface area (Å²) in [4.78, 5) is 0. The highest BCUT2D eigenvalue weighted by atomic mass is 79.9. The van der Waals surface area contributed by atoms with Crippen molar-refractivity contribution in [2.24, 2.45) is 5.73 Å². The summed E-state index contributed by atoms with van der Waals surface area (Å²) >= 11 is 9.59. The SMILES string of the molecule is CCn1nc(C)c(Br)c1COc1ccc(Cl)cc1C(C)N. The van der Waals surface area contributed by atoms with E-state index in [1.165, 1.54) is 0 Å². The summed E-state index contributed by atoms with van der Waals surface area (Å²) in [6.45, 7) is 7.16. The molecule has 0 bridgehead atoms. The molecule has 1 heterocycles. The number of hydrogen-bond donors (Lipinski definition) is 1. The first-order valence-electron chi connectivity index (χ1n) is 6.83. The molecule has 21 heavy (non-hydrogen) atoms. The molecule has 0 aliphatic rings. The molecule has 1 aromatic heterocycles. The van der Waals surface area contributed by atoms with Crippen LogP contribution in [0.1, 0.15) is 36.8 Å². The third kappa shape index (κ3) is 3.59. The van der Waals surface area contributed by atoms with Gasteiger partial charge in [0.1, 0.15) is 12.4 Å². The predicted molar refractivity (Wildman–Crippen MR) is 88.7 cm³/mol. The van der Waals surface area contributed by atoms with E-state index in [4.69, 9.17) is 22.1 Å². The van der Waals surface area contributed by atoms with Gasteiger partial charge in [-0.2, -0.15) is 5.10 Å². The van der Waals surface area contributed by atoms with Gasteiger partial charge < -0.3 is 10.5 Å². The monoisotopic (exact) mass is 371 g/mol. The first-order valence-corrected chi connectivity index (χ1v) is 8.00. The highest BCUT2D eigenvalue weighted by Crippen LogP contribution is 2.29. The van der Waals surface area contributed by atoms with Crippen LogP contribution in [-0.2, 0) is 13.2 Å². The second kappa shape index (κ2) is 6.81. The summed E-state index contributed by atoms with van der Waals surface area (Å²) in [6, 6.07) is 5.37. The molecule has 0 aliphatic heterocycles. The molecule has 114 valence electrons. The molecular weight excluding hydrogens is 354 g/mol. The molecular formula is C15H19BrClN3O. The maximum Gasteiger partial charge on any atom is 0.131 e. The molecule has 2 N–H and O–H groups in total. The minimum Gasteiger partial charge on any atom is -0.487 e. The number of nitrogens with two attached hydrogens (primary N) is 1. The maximum atomic E-state index is 6.02. The molecule has 4 nitrogen and oxygen atoms in total. The van der Waals surface area contributed by atoms with Crippen molar-refractivity contribution >= 4 is 27.5 Å². The van der Waals surface area contributed by atoms with Crippen LogP contribution in [0.5, 0.6) is 5.75 Å². The lowest BCUT2D eigenvalue weighted by Gasteiger charge is -2.15. The molecule has 6 heteroatoms. The van der Waals surface area contributed by atoms with Crippen LogP contribution in [0.25, 0.3) is 0 Å². The van der Waals surface area contributed by atoms with Crippen LogP contribution < -0.4 is 10.5 Å². The van der Waals surface area contributed by atoms with Crippen molar-refractivity contribution in [1.29, 1.82) is 0 Å². The number of benzene rings is 1. The van der Waals surface area contributed by atoms with Crippen LogP contribution in [0.3, 0.4) is 0 Å². The van der Waals surface area contributed by atoms with Gasteiger partial charge in [0.05, 0.1) is 15.9 Å². The van der Waals surface area contributed by atoms with Crippen LogP contribution in [0.4, 0.5) is 0 Å². The van der Waals surface area contributed by atoms with Gasteiger partial charge in [0.25, 0.3) is 0 Å². The fourth-order valence-corrected chi connectivity index (χ4v) is 2.74. The Hall–Kier alpha value is -1.04. The molecule has 0 saturated carbocycles.